The predicted octanol–water partition coefficient (Wildman–Crippen LogP) is 4.87. The average molecular weight is 300 g/mol. The summed E-state index contributed by atoms with van der Waals surface area (Å²) in [6, 6.07) is 7.44. The van der Waals surface area contributed by atoms with Crippen LogP contribution >= 0.6 is 23.8 Å². The minimum Gasteiger partial charge on any atom is -0.508 e. The molecule has 1 rings (SSSR count). The van der Waals surface area contributed by atoms with Gasteiger partial charge in [0, 0.05) is 5.25 Å². The van der Waals surface area contributed by atoms with E-state index in [0.717, 1.165) is 19.3 Å². The van der Waals surface area contributed by atoms with Crippen LogP contribution in [-0.4, -0.2) is 21.5 Å². The zero-order valence-electron chi connectivity index (χ0n) is 12.2. The number of phenolic OH excluding ortho intramolecular Hbond substituents is 1. The van der Waals surface area contributed by atoms with Crippen molar-refractivity contribution in [3.8, 4) is 5.75 Å². The Morgan fingerprint density at radius 3 is 2.47 bits per heavy atom. The molecule has 0 aliphatic rings. The van der Waals surface area contributed by atoms with Gasteiger partial charge in [-0.25, -0.2) is 0 Å². The minimum atomic E-state index is -0.0858. The zero-order chi connectivity index (χ0) is 14.3. The minimum absolute atomic E-state index is 0.0858. The largest absolute Gasteiger partial charge is 0.508 e. The maximum Gasteiger partial charge on any atom is 0.125 e. The summed E-state index contributed by atoms with van der Waals surface area (Å²) < 4.78 is 5.94. The quantitative estimate of drug-likeness (QED) is 0.548. The summed E-state index contributed by atoms with van der Waals surface area (Å²) in [6.45, 7) is 6.48. The second-order valence-electron chi connectivity index (χ2n) is 4.89. The first-order chi connectivity index (χ1) is 8.99. The topological polar surface area (TPSA) is 29.5 Å². The average Bonchev–Trinajstić information content (AvgIpc) is 2.44. The Hall–Kier alpha value is -0.320. The van der Waals surface area contributed by atoms with Gasteiger partial charge in [-0.2, -0.15) is 0 Å². The molecule has 0 bridgehead atoms. The van der Waals surface area contributed by atoms with E-state index in [1.165, 1.54) is 5.56 Å². The molecule has 0 radical (unpaired) electrons. The maximum atomic E-state index is 9.24. The third-order valence-corrected chi connectivity index (χ3v) is 5.61. The van der Waals surface area contributed by atoms with E-state index in [2.05, 4.69) is 27.0 Å². The molecule has 4 heteroatoms. The second-order valence-corrected chi connectivity index (χ2v) is 7.32. The number of hydrogen-bond donors (Lipinski definition) is 1. The fourth-order valence-electron chi connectivity index (χ4n) is 1.50. The molecule has 108 valence electrons. The summed E-state index contributed by atoms with van der Waals surface area (Å²) in [4.78, 5) is -0.0858. The van der Waals surface area contributed by atoms with Gasteiger partial charge < -0.3 is 5.11 Å². The standard InChI is InChI=1S/C15H24O2S2/c1-5-15(3,18-4)17-19-12(2)6-7-13-8-10-14(16)11-9-13/h8-12,16H,5-7H2,1-4H3. The van der Waals surface area contributed by atoms with E-state index in [1.807, 2.05) is 12.1 Å². The fraction of sp³-hybridized carbons (Fsp3) is 0.600. The summed E-state index contributed by atoms with van der Waals surface area (Å²) in [5.74, 6) is 0.327. The molecule has 1 N–H and O–H groups in total. The molecule has 0 saturated carbocycles. The number of aromatic hydroxyl groups is 1. The van der Waals surface area contributed by atoms with Crippen LogP contribution in [-0.2, 0) is 10.6 Å². The number of phenols is 1. The molecule has 0 spiro atoms. The van der Waals surface area contributed by atoms with Crippen molar-refractivity contribution >= 4 is 23.8 Å². The third kappa shape index (κ3) is 6.11. The van der Waals surface area contributed by atoms with Crippen molar-refractivity contribution in [3.63, 3.8) is 0 Å². The first kappa shape index (κ1) is 16.7. The Kier molecular flexibility index (Phi) is 7.11. The van der Waals surface area contributed by atoms with Crippen LogP contribution in [0.25, 0.3) is 0 Å². The van der Waals surface area contributed by atoms with Crippen molar-refractivity contribution in [1.29, 1.82) is 0 Å². The molecule has 0 aliphatic heterocycles. The molecule has 0 saturated heterocycles. The van der Waals surface area contributed by atoms with Gasteiger partial charge in [-0.05, 0) is 62.2 Å². The fourth-order valence-corrected chi connectivity index (χ4v) is 2.88. The zero-order valence-corrected chi connectivity index (χ0v) is 13.8. The van der Waals surface area contributed by atoms with E-state index in [1.54, 1.807) is 35.9 Å². The number of hydrogen-bond acceptors (Lipinski definition) is 4. The molecule has 0 aliphatic carbocycles. The summed E-state index contributed by atoms with van der Waals surface area (Å²) >= 11 is 3.34. The number of benzene rings is 1. The van der Waals surface area contributed by atoms with Gasteiger partial charge in [-0.1, -0.05) is 26.0 Å². The first-order valence-electron chi connectivity index (χ1n) is 6.66. The van der Waals surface area contributed by atoms with Gasteiger partial charge in [-0.15, -0.1) is 11.8 Å². The molecule has 0 amide bonds. The highest BCUT2D eigenvalue weighted by molar-refractivity contribution is 8.01. The maximum absolute atomic E-state index is 9.24. The molecule has 0 fully saturated rings. The molecule has 19 heavy (non-hydrogen) atoms. The van der Waals surface area contributed by atoms with Crippen LogP contribution in [0.4, 0.5) is 0 Å². The Bertz CT molecular complexity index is 361. The Balaban J connectivity index is 2.31. The Morgan fingerprint density at radius 1 is 1.32 bits per heavy atom. The molecule has 1 aromatic carbocycles. The molecule has 1 aromatic rings. The van der Waals surface area contributed by atoms with Crippen molar-refractivity contribution in [2.75, 3.05) is 6.26 Å². The molecule has 0 heterocycles. The van der Waals surface area contributed by atoms with Crippen LogP contribution in [0.15, 0.2) is 24.3 Å². The molecule has 0 aromatic heterocycles. The van der Waals surface area contributed by atoms with Crippen molar-refractivity contribution in [3.05, 3.63) is 29.8 Å². The van der Waals surface area contributed by atoms with Crippen LogP contribution in [0.5, 0.6) is 5.75 Å². The monoisotopic (exact) mass is 300 g/mol. The Labute approximate surface area is 125 Å². The van der Waals surface area contributed by atoms with Crippen LogP contribution in [0.3, 0.4) is 0 Å². The van der Waals surface area contributed by atoms with Crippen LogP contribution < -0.4 is 0 Å². The van der Waals surface area contributed by atoms with Crippen molar-refractivity contribution in [2.24, 2.45) is 0 Å². The lowest BCUT2D eigenvalue weighted by atomic mass is 10.1. The van der Waals surface area contributed by atoms with E-state index in [9.17, 15) is 5.11 Å². The Morgan fingerprint density at radius 2 is 1.95 bits per heavy atom. The smallest absolute Gasteiger partial charge is 0.125 e. The lowest BCUT2D eigenvalue weighted by Crippen LogP contribution is -2.20. The first-order valence-corrected chi connectivity index (χ1v) is 8.69. The van der Waals surface area contributed by atoms with E-state index < -0.39 is 0 Å². The SMILES string of the molecule is CCC(C)(OSC(C)CCc1ccc(O)cc1)SC. The lowest BCUT2D eigenvalue weighted by Gasteiger charge is -2.26. The molecular formula is C15H24O2S2. The van der Waals surface area contributed by atoms with Gasteiger partial charge in [0.15, 0.2) is 0 Å². The summed E-state index contributed by atoms with van der Waals surface area (Å²) in [5.41, 5.74) is 1.26. The van der Waals surface area contributed by atoms with E-state index in [-0.39, 0.29) is 4.93 Å². The number of thioether (sulfide) groups is 1. The highest BCUT2D eigenvalue weighted by Gasteiger charge is 2.23. The van der Waals surface area contributed by atoms with Crippen LogP contribution in [0.2, 0.25) is 0 Å². The van der Waals surface area contributed by atoms with Crippen molar-refractivity contribution in [2.45, 2.75) is 50.2 Å². The van der Waals surface area contributed by atoms with Crippen molar-refractivity contribution < 1.29 is 9.29 Å². The highest BCUT2D eigenvalue weighted by atomic mass is 32.2. The van der Waals surface area contributed by atoms with Crippen molar-refractivity contribution in [1.82, 2.24) is 0 Å². The summed E-state index contributed by atoms with van der Waals surface area (Å²) in [7, 11) is 0. The van der Waals surface area contributed by atoms with Gasteiger partial charge >= 0.3 is 0 Å². The molecule has 2 atom stereocenters. The number of aryl methyl sites for hydroxylation is 1. The molecule has 2 unspecified atom stereocenters. The second kappa shape index (κ2) is 8.08. The van der Waals surface area contributed by atoms with Gasteiger partial charge in [0.25, 0.3) is 0 Å². The van der Waals surface area contributed by atoms with Gasteiger partial charge in [0.1, 0.15) is 10.7 Å². The van der Waals surface area contributed by atoms with E-state index >= 15 is 0 Å². The lowest BCUT2D eigenvalue weighted by molar-refractivity contribution is 0.218. The van der Waals surface area contributed by atoms with E-state index in [0.29, 0.717) is 11.0 Å². The van der Waals surface area contributed by atoms with Gasteiger partial charge in [-0.3, -0.25) is 4.18 Å². The van der Waals surface area contributed by atoms with Gasteiger partial charge in [0.05, 0.1) is 0 Å². The van der Waals surface area contributed by atoms with Gasteiger partial charge in [0.2, 0.25) is 0 Å². The molecular weight excluding hydrogens is 276 g/mol. The normalized spacial score (nSPS) is 16.0. The van der Waals surface area contributed by atoms with Crippen LogP contribution in [0, 0.1) is 0 Å². The summed E-state index contributed by atoms with van der Waals surface area (Å²) in [5, 5.41) is 9.70. The summed E-state index contributed by atoms with van der Waals surface area (Å²) in [6.07, 6.45) is 5.18. The molecule has 2 nitrogen and oxygen atoms in total. The van der Waals surface area contributed by atoms with Crippen LogP contribution in [0.1, 0.15) is 39.2 Å². The highest BCUT2D eigenvalue weighted by Crippen LogP contribution is 2.34. The predicted molar refractivity (Wildman–Crippen MR) is 86.8 cm³/mol. The van der Waals surface area contributed by atoms with E-state index in [4.69, 9.17) is 4.18 Å². The third-order valence-electron chi connectivity index (χ3n) is 3.24. The number of rotatable bonds is 8.